The quantitative estimate of drug-likeness (QED) is 0.158. The maximum atomic E-state index is 13.5. The lowest BCUT2D eigenvalue weighted by molar-refractivity contribution is 0.125. The normalized spacial score (nSPS) is 16.4. The summed E-state index contributed by atoms with van der Waals surface area (Å²) in [5.74, 6) is 1.56. The third-order valence-electron chi connectivity index (χ3n) is 9.44. The van der Waals surface area contributed by atoms with Gasteiger partial charge in [-0.3, -0.25) is 14.6 Å². The van der Waals surface area contributed by atoms with Crippen LogP contribution in [0.2, 0.25) is 0 Å². The van der Waals surface area contributed by atoms with Gasteiger partial charge in [-0.25, -0.2) is 4.98 Å². The van der Waals surface area contributed by atoms with Gasteiger partial charge in [0, 0.05) is 91.8 Å². The summed E-state index contributed by atoms with van der Waals surface area (Å²) in [7, 11) is 0.904. The fourth-order valence-corrected chi connectivity index (χ4v) is 8.81. The van der Waals surface area contributed by atoms with Crippen LogP contribution in [0.4, 0.5) is 28.8 Å². The molecule has 2 N–H and O–H groups in total. The first-order valence-corrected chi connectivity index (χ1v) is 20.3. The van der Waals surface area contributed by atoms with Gasteiger partial charge in [-0.1, -0.05) is 18.2 Å². The molecule has 0 amide bonds. The lowest BCUT2D eigenvalue weighted by Crippen LogP contribution is -2.46. The number of ether oxygens (including phenoxy) is 2. The van der Waals surface area contributed by atoms with Crippen LogP contribution in [0.15, 0.2) is 65.7 Å². The Labute approximate surface area is 301 Å². The Kier molecular flexibility index (Phi) is 10.1. The molecular formula is C36H43BrN9O3P. The van der Waals surface area contributed by atoms with E-state index in [1.807, 2.05) is 48.4 Å². The van der Waals surface area contributed by atoms with Gasteiger partial charge in [0.05, 0.1) is 47.5 Å². The molecule has 2 aliphatic heterocycles. The SMILES string of the molecule is COc1cc(N2CCC(N3CCCOCC3)CC2)c(-c2cnn(C)c2)cc1Nc1ncc(Br)c(Nc2cnc3ccccc3c2P(C)(C)=O)n1. The fraction of sp³-hybridized carbons (Fsp3) is 0.389. The zero-order chi connectivity index (χ0) is 34.8. The molecule has 0 radical (unpaired) electrons. The summed E-state index contributed by atoms with van der Waals surface area (Å²) in [5.41, 5.74) is 5.32. The summed E-state index contributed by atoms with van der Waals surface area (Å²) < 4.78 is 27.7. The zero-order valence-electron chi connectivity index (χ0n) is 28.9. The number of rotatable bonds is 9. The first-order valence-electron chi connectivity index (χ1n) is 17.0. The van der Waals surface area contributed by atoms with Gasteiger partial charge in [-0.05, 0) is 60.7 Å². The van der Waals surface area contributed by atoms with Crippen LogP contribution in [0.1, 0.15) is 19.3 Å². The van der Waals surface area contributed by atoms with Crippen molar-refractivity contribution in [2.45, 2.75) is 25.3 Å². The number of hydrogen-bond acceptors (Lipinski definition) is 11. The van der Waals surface area contributed by atoms with Gasteiger partial charge in [0.2, 0.25) is 5.95 Å². The number of pyridine rings is 1. The average Bonchev–Trinajstić information content (AvgIpc) is 3.36. The molecule has 7 rings (SSSR count). The fourth-order valence-electron chi connectivity index (χ4n) is 7.05. The lowest BCUT2D eigenvalue weighted by Gasteiger charge is -2.39. The van der Waals surface area contributed by atoms with Crippen molar-refractivity contribution in [1.29, 1.82) is 0 Å². The Balaban J connectivity index is 1.19. The second kappa shape index (κ2) is 14.7. The molecular weight excluding hydrogens is 717 g/mol. The number of aromatic nitrogens is 5. The van der Waals surface area contributed by atoms with Gasteiger partial charge in [-0.15, -0.1) is 0 Å². The van der Waals surface area contributed by atoms with Crippen molar-refractivity contribution < 1.29 is 14.0 Å². The highest BCUT2D eigenvalue weighted by Gasteiger charge is 2.28. The Morgan fingerprint density at radius 3 is 2.56 bits per heavy atom. The van der Waals surface area contributed by atoms with Crippen molar-refractivity contribution in [3.63, 3.8) is 0 Å². The number of halogens is 1. The number of aryl methyl sites for hydroxylation is 1. The topological polar surface area (TPSA) is 123 Å². The van der Waals surface area contributed by atoms with Gasteiger partial charge in [-0.2, -0.15) is 10.1 Å². The average molecular weight is 761 g/mol. The molecule has 12 nitrogen and oxygen atoms in total. The number of nitrogens with one attached hydrogen (secondary N) is 2. The van der Waals surface area contributed by atoms with Crippen LogP contribution in [0.3, 0.4) is 0 Å². The Morgan fingerprint density at radius 1 is 0.980 bits per heavy atom. The van der Waals surface area contributed by atoms with Crippen LogP contribution in [-0.4, -0.2) is 95.5 Å². The first kappa shape index (κ1) is 34.4. The maximum absolute atomic E-state index is 13.5. The van der Waals surface area contributed by atoms with E-state index in [4.69, 9.17) is 14.5 Å². The minimum Gasteiger partial charge on any atom is -0.494 e. The smallest absolute Gasteiger partial charge is 0.229 e. The highest BCUT2D eigenvalue weighted by Crippen LogP contribution is 2.43. The van der Waals surface area contributed by atoms with E-state index < -0.39 is 7.14 Å². The molecule has 0 unspecified atom stereocenters. The summed E-state index contributed by atoms with van der Waals surface area (Å²) in [6.45, 7) is 9.22. The first-order chi connectivity index (χ1) is 24.2. The van der Waals surface area contributed by atoms with E-state index in [9.17, 15) is 4.57 Å². The largest absolute Gasteiger partial charge is 0.494 e. The number of fused-ring (bicyclic) bond motifs is 1. The van der Waals surface area contributed by atoms with E-state index in [-0.39, 0.29) is 0 Å². The van der Waals surface area contributed by atoms with Crippen molar-refractivity contribution in [2.75, 3.05) is 75.4 Å². The number of anilines is 5. The second-order valence-electron chi connectivity index (χ2n) is 13.2. The van der Waals surface area contributed by atoms with Gasteiger partial charge in [0.25, 0.3) is 0 Å². The van der Waals surface area contributed by atoms with Crippen LogP contribution < -0.4 is 25.6 Å². The predicted octanol–water partition coefficient (Wildman–Crippen LogP) is 6.62. The molecule has 0 atom stereocenters. The van der Waals surface area contributed by atoms with Crippen LogP contribution in [0.25, 0.3) is 22.0 Å². The van der Waals surface area contributed by atoms with Crippen LogP contribution in [0, 0.1) is 0 Å². The van der Waals surface area contributed by atoms with Crippen LogP contribution in [-0.2, 0) is 16.3 Å². The van der Waals surface area contributed by atoms with Crippen molar-refractivity contribution in [2.24, 2.45) is 7.05 Å². The Bertz CT molecular complexity index is 2040. The Hall–Kier alpha value is -4.03. The summed E-state index contributed by atoms with van der Waals surface area (Å²) in [5, 5.41) is 12.9. The molecule has 0 bridgehead atoms. The number of methoxy groups -OCH3 is 1. The van der Waals surface area contributed by atoms with Crippen molar-refractivity contribution in [3.8, 4) is 16.9 Å². The molecule has 2 saturated heterocycles. The lowest BCUT2D eigenvalue weighted by atomic mass is 9.99. The van der Waals surface area contributed by atoms with Gasteiger partial charge >= 0.3 is 0 Å². The van der Waals surface area contributed by atoms with Gasteiger partial charge < -0.3 is 29.6 Å². The van der Waals surface area contributed by atoms with Gasteiger partial charge in [0.1, 0.15) is 18.7 Å². The molecule has 0 saturated carbocycles. The van der Waals surface area contributed by atoms with Crippen molar-refractivity contribution in [1.82, 2.24) is 29.6 Å². The molecule has 262 valence electrons. The van der Waals surface area contributed by atoms with E-state index in [1.54, 1.807) is 32.8 Å². The zero-order valence-corrected chi connectivity index (χ0v) is 31.4. The van der Waals surface area contributed by atoms with Crippen LogP contribution >= 0.6 is 23.1 Å². The minimum atomic E-state index is -2.70. The predicted molar refractivity (Wildman–Crippen MR) is 205 cm³/mol. The molecule has 50 heavy (non-hydrogen) atoms. The van der Waals surface area contributed by atoms with Crippen molar-refractivity contribution >= 4 is 68.1 Å². The number of nitrogens with zero attached hydrogens (tertiary/aromatic N) is 7. The number of hydrogen-bond donors (Lipinski definition) is 2. The maximum Gasteiger partial charge on any atom is 0.229 e. The molecule has 5 aromatic rings. The van der Waals surface area contributed by atoms with Crippen molar-refractivity contribution in [3.05, 3.63) is 65.7 Å². The highest BCUT2D eigenvalue weighted by atomic mass is 79.9. The highest BCUT2D eigenvalue weighted by molar-refractivity contribution is 9.10. The third-order valence-corrected chi connectivity index (χ3v) is 11.6. The molecule has 5 heterocycles. The monoisotopic (exact) mass is 759 g/mol. The third kappa shape index (κ3) is 7.37. The number of benzene rings is 2. The molecule has 14 heteroatoms. The van der Waals surface area contributed by atoms with Crippen LogP contribution in [0.5, 0.6) is 5.75 Å². The summed E-state index contributed by atoms with van der Waals surface area (Å²) in [4.78, 5) is 19.1. The summed E-state index contributed by atoms with van der Waals surface area (Å²) >= 11 is 3.60. The van der Waals surface area contributed by atoms with Gasteiger partial charge in [0.15, 0.2) is 0 Å². The number of piperidine rings is 1. The molecule has 2 aromatic carbocycles. The van der Waals surface area contributed by atoms with E-state index >= 15 is 0 Å². The second-order valence-corrected chi connectivity index (χ2v) is 17.2. The number of para-hydroxylation sites is 1. The molecule has 0 spiro atoms. The van der Waals surface area contributed by atoms with E-state index in [0.717, 1.165) is 97.4 Å². The molecule has 3 aromatic heterocycles. The summed E-state index contributed by atoms with van der Waals surface area (Å²) in [6, 6.07) is 12.5. The van der Waals surface area contributed by atoms with E-state index in [1.165, 1.54) is 0 Å². The minimum absolute atomic E-state index is 0.368. The summed E-state index contributed by atoms with van der Waals surface area (Å²) in [6.07, 6.45) is 10.6. The molecule has 2 aliphatic rings. The Morgan fingerprint density at radius 2 is 1.80 bits per heavy atom. The molecule has 2 fully saturated rings. The molecule has 0 aliphatic carbocycles. The van der Waals surface area contributed by atoms with E-state index in [0.29, 0.717) is 33.7 Å². The standard InChI is InChI=1S/C36H43BrN9O3P/c1-44-23-24(20-40-44)27-18-30(33(48-2)19-32(27)46-13-10-25(11-14-46)45-12-7-16-49-17-15-45)42-36-39-21-28(37)35(43-36)41-31-22-38-29-9-6-5-8-26(29)34(31)50(3,4)47/h5-6,8-9,18-23,25H,7,10-17H2,1-4H3,(H2,39,41,42,43). The van der Waals surface area contributed by atoms with E-state index in [2.05, 4.69) is 63.6 Å².